The van der Waals surface area contributed by atoms with Crippen molar-refractivity contribution in [1.82, 2.24) is 15.3 Å². The van der Waals surface area contributed by atoms with Gasteiger partial charge in [0.1, 0.15) is 5.69 Å². The van der Waals surface area contributed by atoms with Crippen molar-refractivity contribution in [1.29, 1.82) is 0 Å². The van der Waals surface area contributed by atoms with Crippen LogP contribution in [-0.4, -0.2) is 33.1 Å². The summed E-state index contributed by atoms with van der Waals surface area (Å²) < 4.78 is 0. The lowest BCUT2D eigenvalue weighted by Crippen LogP contribution is -2.45. The summed E-state index contributed by atoms with van der Waals surface area (Å²) in [5.74, 6) is 5.18. The second-order valence-corrected chi connectivity index (χ2v) is 4.37. The van der Waals surface area contributed by atoms with Gasteiger partial charge in [-0.3, -0.25) is 9.78 Å². The molecule has 1 heterocycles. The molecule has 2 atom stereocenters. The van der Waals surface area contributed by atoms with E-state index in [1.54, 1.807) is 0 Å². The monoisotopic (exact) mass is 251 g/mol. The summed E-state index contributed by atoms with van der Waals surface area (Å²) in [6.45, 7) is 0. The molecule has 1 amide bonds. The summed E-state index contributed by atoms with van der Waals surface area (Å²) in [6, 6.07) is -0.206. The average molecular weight is 251 g/mol. The zero-order valence-corrected chi connectivity index (χ0v) is 9.97. The van der Waals surface area contributed by atoms with Crippen LogP contribution in [0.3, 0.4) is 0 Å². The van der Waals surface area contributed by atoms with E-state index >= 15 is 0 Å². The van der Waals surface area contributed by atoms with Crippen LogP contribution in [0.1, 0.15) is 36.2 Å². The maximum absolute atomic E-state index is 11.9. The number of nitrogens with one attached hydrogen (secondary N) is 2. The van der Waals surface area contributed by atoms with Crippen molar-refractivity contribution in [3.63, 3.8) is 0 Å². The van der Waals surface area contributed by atoms with Gasteiger partial charge in [-0.05, 0) is 12.8 Å². The molecule has 1 aromatic rings. The van der Waals surface area contributed by atoms with Crippen molar-refractivity contribution in [3.8, 4) is 0 Å². The molecule has 1 fully saturated rings. The largest absolute Gasteiger partial charge is 0.391 e. The smallest absolute Gasteiger partial charge is 0.271 e. The molecule has 18 heavy (non-hydrogen) atoms. The Labute approximate surface area is 105 Å². The lowest BCUT2D eigenvalue weighted by atomic mass is 9.92. The number of rotatable bonds is 3. The number of aliphatic hydroxyl groups excluding tert-OH is 1. The molecule has 5 N–H and O–H groups in total. The van der Waals surface area contributed by atoms with E-state index in [-0.39, 0.29) is 17.6 Å². The fourth-order valence-corrected chi connectivity index (χ4v) is 2.07. The highest BCUT2D eigenvalue weighted by atomic mass is 16.3. The third-order valence-corrected chi connectivity index (χ3v) is 3.06. The summed E-state index contributed by atoms with van der Waals surface area (Å²) in [7, 11) is 0. The van der Waals surface area contributed by atoms with Gasteiger partial charge in [-0.25, -0.2) is 10.8 Å². The molecule has 7 heteroatoms. The van der Waals surface area contributed by atoms with E-state index in [0.717, 1.165) is 25.7 Å². The first-order valence-corrected chi connectivity index (χ1v) is 5.98. The Morgan fingerprint density at radius 3 is 2.89 bits per heavy atom. The molecule has 1 aromatic heterocycles. The Kier molecular flexibility index (Phi) is 4.06. The summed E-state index contributed by atoms with van der Waals surface area (Å²) in [5.41, 5.74) is 2.52. The first-order chi connectivity index (χ1) is 8.70. The number of aliphatic hydroxyl groups is 1. The number of carbonyl (C=O) groups is 1. The van der Waals surface area contributed by atoms with Gasteiger partial charge in [0, 0.05) is 0 Å². The highest BCUT2D eigenvalue weighted by molar-refractivity contribution is 5.92. The van der Waals surface area contributed by atoms with Gasteiger partial charge in [0.05, 0.1) is 24.5 Å². The molecule has 0 aromatic carbocycles. The number of carbonyl (C=O) groups excluding carboxylic acids is 1. The van der Waals surface area contributed by atoms with Gasteiger partial charge >= 0.3 is 0 Å². The Morgan fingerprint density at radius 1 is 1.39 bits per heavy atom. The van der Waals surface area contributed by atoms with Crippen LogP contribution in [0.4, 0.5) is 5.82 Å². The van der Waals surface area contributed by atoms with E-state index in [1.165, 1.54) is 12.4 Å². The molecule has 0 spiro atoms. The van der Waals surface area contributed by atoms with E-state index in [9.17, 15) is 9.90 Å². The topological polar surface area (TPSA) is 113 Å². The molecule has 2 rings (SSSR count). The summed E-state index contributed by atoms with van der Waals surface area (Å²) >= 11 is 0. The molecule has 0 bridgehead atoms. The van der Waals surface area contributed by atoms with Gasteiger partial charge in [0.15, 0.2) is 5.82 Å². The lowest BCUT2D eigenvalue weighted by molar-refractivity contribution is 0.0713. The van der Waals surface area contributed by atoms with E-state index in [0.29, 0.717) is 5.82 Å². The predicted molar refractivity (Wildman–Crippen MR) is 65.6 cm³/mol. The zero-order chi connectivity index (χ0) is 13.0. The first-order valence-electron chi connectivity index (χ1n) is 5.98. The zero-order valence-electron chi connectivity index (χ0n) is 9.97. The minimum absolute atomic E-state index is 0.184. The van der Waals surface area contributed by atoms with Gasteiger partial charge in [0.25, 0.3) is 5.91 Å². The fraction of sp³-hybridized carbons (Fsp3) is 0.545. The van der Waals surface area contributed by atoms with Crippen molar-refractivity contribution in [2.45, 2.75) is 37.8 Å². The number of hydrogen-bond donors (Lipinski definition) is 4. The van der Waals surface area contributed by atoms with Crippen molar-refractivity contribution >= 4 is 11.7 Å². The van der Waals surface area contributed by atoms with E-state index in [4.69, 9.17) is 5.84 Å². The van der Waals surface area contributed by atoms with Crippen molar-refractivity contribution in [2.24, 2.45) is 5.84 Å². The Balaban J connectivity index is 2.02. The molecular formula is C11H17N5O2. The van der Waals surface area contributed by atoms with Gasteiger partial charge in [-0.2, -0.15) is 0 Å². The van der Waals surface area contributed by atoms with Crippen LogP contribution < -0.4 is 16.6 Å². The molecule has 0 saturated heterocycles. The van der Waals surface area contributed by atoms with Crippen LogP contribution in [0.2, 0.25) is 0 Å². The van der Waals surface area contributed by atoms with Crippen LogP contribution in [0.5, 0.6) is 0 Å². The van der Waals surface area contributed by atoms with E-state index in [1.807, 2.05) is 0 Å². The van der Waals surface area contributed by atoms with Crippen LogP contribution in [0.25, 0.3) is 0 Å². The highest BCUT2D eigenvalue weighted by Crippen LogP contribution is 2.18. The third-order valence-electron chi connectivity index (χ3n) is 3.06. The number of aromatic nitrogens is 2. The maximum atomic E-state index is 11.9. The average Bonchev–Trinajstić information content (AvgIpc) is 2.41. The minimum atomic E-state index is -0.480. The lowest BCUT2D eigenvalue weighted by Gasteiger charge is -2.28. The second kappa shape index (κ2) is 5.74. The van der Waals surface area contributed by atoms with Crippen molar-refractivity contribution < 1.29 is 9.90 Å². The maximum Gasteiger partial charge on any atom is 0.271 e. The molecule has 1 aliphatic carbocycles. The number of nitrogens with two attached hydrogens (primary N) is 1. The van der Waals surface area contributed by atoms with Gasteiger partial charge < -0.3 is 15.8 Å². The number of hydrogen-bond acceptors (Lipinski definition) is 6. The first kappa shape index (κ1) is 12.7. The van der Waals surface area contributed by atoms with Crippen LogP contribution in [0.15, 0.2) is 12.4 Å². The molecule has 1 saturated carbocycles. The van der Waals surface area contributed by atoms with Crippen molar-refractivity contribution in [3.05, 3.63) is 18.1 Å². The van der Waals surface area contributed by atoms with Gasteiger partial charge in [-0.15, -0.1) is 0 Å². The molecule has 2 unspecified atom stereocenters. The van der Waals surface area contributed by atoms with Crippen LogP contribution in [0, 0.1) is 0 Å². The predicted octanol–water partition coefficient (Wildman–Crippen LogP) is -0.205. The number of amides is 1. The standard InChI is InChI=1S/C11H17N5O2/c12-16-10-6-13-5-8(14-10)11(18)15-7-3-1-2-4-9(7)17/h5-7,9,17H,1-4,12H2,(H,14,16)(H,15,18). The van der Waals surface area contributed by atoms with Crippen LogP contribution in [-0.2, 0) is 0 Å². The van der Waals surface area contributed by atoms with Gasteiger partial charge in [-0.1, -0.05) is 12.8 Å². The molecule has 98 valence electrons. The van der Waals surface area contributed by atoms with Crippen LogP contribution >= 0.6 is 0 Å². The fourth-order valence-electron chi connectivity index (χ4n) is 2.07. The highest BCUT2D eigenvalue weighted by Gasteiger charge is 2.25. The molecule has 0 radical (unpaired) electrons. The molecule has 0 aliphatic heterocycles. The minimum Gasteiger partial charge on any atom is -0.391 e. The Morgan fingerprint density at radius 2 is 2.17 bits per heavy atom. The van der Waals surface area contributed by atoms with Crippen molar-refractivity contribution in [2.75, 3.05) is 5.43 Å². The van der Waals surface area contributed by atoms with Gasteiger partial charge in [0.2, 0.25) is 0 Å². The number of anilines is 1. The molecule has 1 aliphatic rings. The van der Waals surface area contributed by atoms with E-state index in [2.05, 4.69) is 20.7 Å². The molecular weight excluding hydrogens is 234 g/mol. The number of hydrazine groups is 1. The summed E-state index contributed by atoms with van der Waals surface area (Å²) in [6.07, 6.45) is 5.83. The summed E-state index contributed by atoms with van der Waals surface area (Å²) in [4.78, 5) is 19.8. The molecule has 7 nitrogen and oxygen atoms in total. The quantitative estimate of drug-likeness (QED) is 0.437. The Hall–Kier alpha value is -1.73. The normalized spacial score (nSPS) is 23.4. The van der Waals surface area contributed by atoms with E-state index < -0.39 is 6.10 Å². The SMILES string of the molecule is NNc1cncc(C(=O)NC2CCCCC2O)n1. The summed E-state index contributed by atoms with van der Waals surface area (Å²) in [5, 5.41) is 12.6. The Bertz CT molecular complexity index is 426. The second-order valence-electron chi connectivity index (χ2n) is 4.37. The number of nitrogens with zero attached hydrogens (tertiary/aromatic N) is 2. The number of nitrogen functional groups attached to an aromatic ring is 1. The third kappa shape index (κ3) is 2.93.